The van der Waals surface area contributed by atoms with Crippen molar-refractivity contribution in [1.82, 2.24) is 24.6 Å². The molecule has 0 spiro atoms. The van der Waals surface area contributed by atoms with Crippen molar-refractivity contribution in [1.29, 1.82) is 0 Å². The summed E-state index contributed by atoms with van der Waals surface area (Å²) in [5.74, 6) is 0.554. The van der Waals surface area contributed by atoms with Crippen LogP contribution in [0.1, 0.15) is 39.5 Å². The zero-order chi connectivity index (χ0) is 26.5. The summed E-state index contributed by atoms with van der Waals surface area (Å²) < 4.78 is 26.7. The van der Waals surface area contributed by atoms with Gasteiger partial charge in [0, 0.05) is 63.6 Å². The number of benzene rings is 1. The molecule has 1 aromatic carbocycles. The van der Waals surface area contributed by atoms with Crippen LogP contribution in [-0.4, -0.2) is 64.7 Å². The van der Waals surface area contributed by atoms with Crippen molar-refractivity contribution in [3.05, 3.63) is 77.0 Å². The van der Waals surface area contributed by atoms with Gasteiger partial charge < -0.3 is 20.1 Å². The lowest BCUT2D eigenvalue weighted by molar-refractivity contribution is -0.0340. The molecule has 0 radical (unpaired) electrons. The van der Waals surface area contributed by atoms with Crippen LogP contribution < -0.4 is 10.6 Å². The van der Waals surface area contributed by atoms with Crippen LogP contribution in [0.15, 0.2) is 48.8 Å². The number of nitrogens with zero attached hydrogens (tertiary/aromatic N) is 4. The highest BCUT2D eigenvalue weighted by Gasteiger charge is 2.30. The Balaban J connectivity index is 1.22. The first-order valence-electron chi connectivity index (χ1n) is 13.2. The molecule has 6 heterocycles. The van der Waals surface area contributed by atoms with E-state index in [4.69, 9.17) is 14.5 Å². The molecule has 1 amide bonds. The molecule has 3 aliphatic rings. The van der Waals surface area contributed by atoms with Crippen molar-refractivity contribution in [3.8, 4) is 11.3 Å². The summed E-state index contributed by atoms with van der Waals surface area (Å²) in [4.78, 5) is 24.7. The van der Waals surface area contributed by atoms with E-state index < -0.39 is 0 Å². The maximum atomic E-state index is 13.7. The van der Waals surface area contributed by atoms with Gasteiger partial charge in [-0.15, -0.1) is 0 Å². The van der Waals surface area contributed by atoms with Gasteiger partial charge in [-0.3, -0.25) is 14.1 Å². The third-order valence-corrected chi connectivity index (χ3v) is 7.99. The highest BCUT2D eigenvalue weighted by molar-refractivity contribution is 6.06. The zero-order valence-corrected chi connectivity index (χ0v) is 21.6. The van der Waals surface area contributed by atoms with Gasteiger partial charge in [-0.25, -0.2) is 14.4 Å². The SMILES string of the molecule is COC1CN(Cc2nc(Nc3ccc(-c4cnc5cc(F)ccn45)c4c3C(=O)NC4)ccc2[C@H]2CCOC2)C1. The van der Waals surface area contributed by atoms with E-state index in [0.717, 1.165) is 55.2 Å². The summed E-state index contributed by atoms with van der Waals surface area (Å²) in [7, 11) is 1.75. The number of fused-ring (bicyclic) bond motifs is 2. The molecule has 10 heteroatoms. The van der Waals surface area contributed by atoms with Gasteiger partial charge in [0.15, 0.2) is 0 Å². The van der Waals surface area contributed by atoms with Crippen LogP contribution in [0.4, 0.5) is 15.9 Å². The molecular weight excluding hydrogens is 499 g/mol. The summed E-state index contributed by atoms with van der Waals surface area (Å²) in [5, 5.41) is 6.38. The fourth-order valence-corrected chi connectivity index (χ4v) is 5.86. The van der Waals surface area contributed by atoms with E-state index in [1.54, 1.807) is 19.5 Å². The Morgan fingerprint density at radius 3 is 2.95 bits per heavy atom. The molecule has 7 rings (SSSR count). The molecule has 0 unspecified atom stereocenters. The zero-order valence-electron chi connectivity index (χ0n) is 21.6. The van der Waals surface area contributed by atoms with Gasteiger partial charge in [-0.1, -0.05) is 12.1 Å². The van der Waals surface area contributed by atoms with Crippen molar-refractivity contribution in [2.75, 3.05) is 38.7 Å². The number of imidazole rings is 1. The molecule has 0 aliphatic carbocycles. The number of hydrogen-bond acceptors (Lipinski definition) is 7. The molecule has 39 heavy (non-hydrogen) atoms. The van der Waals surface area contributed by atoms with Crippen LogP contribution >= 0.6 is 0 Å². The molecule has 0 bridgehead atoms. The van der Waals surface area contributed by atoms with E-state index in [-0.39, 0.29) is 17.8 Å². The Morgan fingerprint density at radius 2 is 2.13 bits per heavy atom. The normalized spacial score (nSPS) is 19.3. The quantitative estimate of drug-likeness (QED) is 0.376. The molecule has 0 saturated carbocycles. The molecular formula is C29H29FN6O3. The number of ether oxygens (including phenoxy) is 2. The number of halogens is 1. The van der Waals surface area contributed by atoms with Gasteiger partial charge in [-0.05, 0) is 35.7 Å². The number of carbonyl (C=O) groups excluding carboxylic acids is 1. The minimum absolute atomic E-state index is 0.139. The molecule has 3 aromatic heterocycles. The van der Waals surface area contributed by atoms with Gasteiger partial charge in [0.1, 0.15) is 17.3 Å². The molecule has 2 fully saturated rings. The summed E-state index contributed by atoms with van der Waals surface area (Å²) in [6.45, 7) is 4.42. The lowest BCUT2D eigenvalue weighted by Crippen LogP contribution is -2.51. The number of carbonyl (C=O) groups is 1. The fourth-order valence-electron chi connectivity index (χ4n) is 5.86. The number of anilines is 2. The number of nitrogens with one attached hydrogen (secondary N) is 2. The number of rotatable bonds is 7. The van der Waals surface area contributed by atoms with Gasteiger partial charge >= 0.3 is 0 Å². The van der Waals surface area contributed by atoms with Crippen LogP contribution in [0.3, 0.4) is 0 Å². The number of methoxy groups -OCH3 is 1. The van der Waals surface area contributed by atoms with E-state index >= 15 is 0 Å². The second kappa shape index (κ2) is 9.71. The summed E-state index contributed by atoms with van der Waals surface area (Å²) in [5.41, 5.74) is 6.61. The topological polar surface area (TPSA) is 93.0 Å². The van der Waals surface area contributed by atoms with Crippen LogP contribution in [0.2, 0.25) is 0 Å². The fraction of sp³-hybridized carbons (Fsp3) is 0.345. The molecule has 200 valence electrons. The van der Waals surface area contributed by atoms with Crippen LogP contribution in [-0.2, 0) is 22.6 Å². The van der Waals surface area contributed by atoms with Crippen molar-refractivity contribution in [2.45, 2.75) is 31.5 Å². The first-order chi connectivity index (χ1) is 19.1. The molecule has 9 nitrogen and oxygen atoms in total. The first-order valence-corrected chi connectivity index (χ1v) is 13.2. The third-order valence-electron chi connectivity index (χ3n) is 7.99. The maximum absolute atomic E-state index is 13.7. The van der Waals surface area contributed by atoms with E-state index in [1.807, 2.05) is 22.6 Å². The predicted octanol–water partition coefficient (Wildman–Crippen LogP) is 3.86. The number of likely N-dealkylation sites (tertiary alicyclic amines) is 1. The first kappa shape index (κ1) is 24.2. The molecule has 2 saturated heterocycles. The number of aromatic nitrogens is 3. The van der Waals surface area contributed by atoms with Gasteiger partial charge in [-0.2, -0.15) is 0 Å². The maximum Gasteiger partial charge on any atom is 0.254 e. The van der Waals surface area contributed by atoms with Crippen molar-refractivity contribution < 1.29 is 18.7 Å². The van der Waals surface area contributed by atoms with E-state index in [0.29, 0.717) is 41.8 Å². The van der Waals surface area contributed by atoms with Crippen molar-refractivity contribution >= 4 is 23.1 Å². The number of hydrogen-bond donors (Lipinski definition) is 2. The highest BCUT2D eigenvalue weighted by Crippen LogP contribution is 2.36. The van der Waals surface area contributed by atoms with Crippen molar-refractivity contribution in [3.63, 3.8) is 0 Å². The standard InChI is InChI=1S/C29H29FN6O3/c1-38-19-13-35(14-19)15-24-20(17-7-9-39-16-17)3-5-26(34-24)33-23-4-2-21(22-11-32-29(37)28(22)23)25-12-31-27-10-18(30)6-8-36(25)27/h2-6,8,10,12,17,19H,7,9,11,13-16H2,1H3,(H,32,37)(H,33,34)/t17-/m0/s1. The Labute approximate surface area is 225 Å². The number of amides is 1. The van der Waals surface area contributed by atoms with Gasteiger partial charge in [0.25, 0.3) is 5.91 Å². The molecule has 4 aromatic rings. The second-order valence-electron chi connectivity index (χ2n) is 10.4. The lowest BCUT2D eigenvalue weighted by Gasteiger charge is -2.38. The lowest BCUT2D eigenvalue weighted by atomic mass is 9.96. The average molecular weight is 529 g/mol. The third kappa shape index (κ3) is 4.34. The van der Waals surface area contributed by atoms with E-state index in [1.165, 1.54) is 17.7 Å². The predicted molar refractivity (Wildman–Crippen MR) is 144 cm³/mol. The van der Waals surface area contributed by atoms with Crippen LogP contribution in [0, 0.1) is 5.82 Å². The van der Waals surface area contributed by atoms with Gasteiger partial charge in [0.2, 0.25) is 0 Å². The monoisotopic (exact) mass is 528 g/mol. The summed E-state index contributed by atoms with van der Waals surface area (Å²) in [6.07, 6.45) is 4.64. The Bertz CT molecular complexity index is 1580. The van der Waals surface area contributed by atoms with Crippen molar-refractivity contribution in [2.24, 2.45) is 0 Å². The summed E-state index contributed by atoms with van der Waals surface area (Å²) in [6, 6.07) is 10.8. The largest absolute Gasteiger partial charge is 0.381 e. The van der Waals surface area contributed by atoms with E-state index in [9.17, 15) is 9.18 Å². The van der Waals surface area contributed by atoms with Crippen LogP contribution in [0.5, 0.6) is 0 Å². The van der Waals surface area contributed by atoms with E-state index in [2.05, 4.69) is 26.6 Å². The molecule has 1 atom stereocenters. The minimum Gasteiger partial charge on any atom is -0.381 e. The second-order valence-corrected chi connectivity index (χ2v) is 10.4. The molecule has 2 N–H and O–H groups in total. The minimum atomic E-state index is -0.341. The smallest absolute Gasteiger partial charge is 0.254 e. The Kier molecular flexibility index (Phi) is 6.03. The van der Waals surface area contributed by atoms with Gasteiger partial charge in [0.05, 0.1) is 41.5 Å². The Hall–Kier alpha value is -3.86. The average Bonchev–Trinajstić information content (AvgIpc) is 3.67. The highest BCUT2D eigenvalue weighted by atomic mass is 19.1. The number of pyridine rings is 2. The molecule has 3 aliphatic heterocycles. The van der Waals surface area contributed by atoms with Crippen LogP contribution in [0.25, 0.3) is 16.9 Å². The summed E-state index contributed by atoms with van der Waals surface area (Å²) >= 11 is 0. The Morgan fingerprint density at radius 1 is 1.23 bits per heavy atom.